The maximum absolute atomic E-state index is 11.4. The van der Waals surface area contributed by atoms with Gasteiger partial charge in [-0.2, -0.15) is 0 Å². The number of aromatic nitrogens is 1. The van der Waals surface area contributed by atoms with Gasteiger partial charge in [-0.3, -0.25) is 0 Å². The number of thiazole rings is 1. The molecule has 0 radical (unpaired) electrons. The Morgan fingerprint density at radius 3 is 2.71 bits per heavy atom. The maximum Gasteiger partial charge on any atom is 0.347 e. The Bertz CT molecular complexity index is 575. The van der Waals surface area contributed by atoms with Crippen LogP contribution in [0.5, 0.6) is 0 Å². The fourth-order valence-electron chi connectivity index (χ4n) is 2.17. The summed E-state index contributed by atoms with van der Waals surface area (Å²) >= 11 is 2.96. The molecule has 0 fully saturated rings. The average molecular weight is 324 g/mol. The number of thiophene rings is 1. The number of likely N-dealkylation sites (N-methyl/N-ethyl adjacent to an activating group) is 1. The molecule has 0 aliphatic carbocycles. The Morgan fingerprint density at radius 2 is 2.14 bits per heavy atom. The van der Waals surface area contributed by atoms with Crippen LogP contribution in [0.2, 0.25) is 0 Å². The first-order valence-electron chi connectivity index (χ1n) is 7.10. The van der Waals surface area contributed by atoms with Crippen molar-refractivity contribution in [2.24, 2.45) is 0 Å². The minimum absolute atomic E-state index is 0.387. The lowest BCUT2D eigenvalue weighted by Gasteiger charge is -2.16. The van der Waals surface area contributed by atoms with Gasteiger partial charge in [0, 0.05) is 24.3 Å². The largest absolute Gasteiger partial charge is 0.477 e. The fourth-order valence-corrected chi connectivity index (χ4v) is 3.78. The third kappa shape index (κ3) is 4.36. The highest BCUT2D eigenvalue weighted by Crippen LogP contribution is 2.23. The summed E-state index contributed by atoms with van der Waals surface area (Å²) in [6, 6.07) is 4.00. The molecular formula is C15H20N2O2S2. The lowest BCUT2D eigenvalue weighted by molar-refractivity contribution is 0.0701. The molecule has 0 aliphatic heterocycles. The van der Waals surface area contributed by atoms with Crippen LogP contribution in [0.25, 0.3) is 0 Å². The minimum Gasteiger partial charge on any atom is -0.477 e. The minimum atomic E-state index is -0.867. The van der Waals surface area contributed by atoms with Gasteiger partial charge in [0.1, 0.15) is 4.88 Å². The van der Waals surface area contributed by atoms with Gasteiger partial charge in [-0.05, 0) is 24.5 Å². The second-order valence-corrected chi connectivity index (χ2v) is 6.84. The smallest absolute Gasteiger partial charge is 0.347 e. The Morgan fingerprint density at radius 1 is 1.38 bits per heavy atom. The monoisotopic (exact) mass is 324 g/mol. The highest BCUT2D eigenvalue weighted by Gasteiger charge is 2.18. The summed E-state index contributed by atoms with van der Waals surface area (Å²) in [6.07, 6.45) is 1.43. The van der Waals surface area contributed by atoms with Gasteiger partial charge in [0.05, 0.1) is 10.7 Å². The molecule has 2 aromatic heterocycles. The van der Waals surface area contributed by atoms with Crippen molar-refractivity contribution in [1.82, 2.24) is 9.88 Å². The molecule has 0 unspecified atom stereocenters. The zero-order chi connectivity index (χ0) is 15.2. The highest BCUT2D eigenvalue weighted by molar-refractivity contribution is 7.13. The predicted molar refractivity (Wildman–Crippen MR) is 87.7 cm³/mol. The van der Waals surface area contributed by atoms with Crippen LogP contribution in [-0.2, 0) is 12.8 Å². The van der Waals surface area contributed by atoms with Crippen LogP contribution in [0.15, 0.2) is 17.5 Å². The Hall–Kier alpha value is -1.24. The standard InChI is InChI=1S/C15H20N2O2S2/c1-3-17(4-2)8-7-13-16-12(14(21-13)15(18)19)10-11-6-5-9-20-11/h5-6,9H,3-4,7-8,10H2,1-2H3,(H,18,19). The van der Waals surface area contributed by atoms with Gasteiger partial charge in [0.15, 0.2) is 0 Å². The highest BCUT2D eigenvalue weighted by atomic mass is 32.1. The van der Waals surface area contributed by atoms with Gasteiger partial charge in [0.25, 0.3) is 0 Å². The normalized spacial score (nSPS) is 11.2. The van der Waals surface area contributed by atoms with Gasteiger partial charge in [-0.15, -0.1) is 22.7 Å². The molecular weight excluding hydrogens is 304 g/mol. The molecule has 0 spiro atoms. The molecule has 2 rings (SSSR count). The number of rotatable bonds is 8. The first kappa shape index (κ1) is 16.1. The molecule has 21 heavy (non-hydrogen) atoms. The van der Waals surface area contributed by atoms with Gasteiger partial charge >= 0.3 is 5.97 Å². The Kier molecular flexibility index (Phi) is 5.90. The van der Waals surface area contributed by atoms with E-state index in [4.69, 9.17) is 0 Å². The van der Waals surface area contributed by atoms with E-state index < -0.39 is 5.97 Å². The summed E-state index contributed by atoms with van der Waals surface area (Å²) in [5.41, 5.74) is 0.699. The van der Waals surface area contributed by atoms with Gasteiger partial charge in [-0.25, -0.2) is 9.78 Å². The van der Waals surface area contributed by atoms with Crippen LogP contribution in [0.1, 0.15) is 39.1 Å². The summed E-state index contributed by atoms with van der Waals surface area (Å²) in [4.78, 5) is 19.8. The van der Waals surface area contributed by atoms with E-state index in [1.54, 1.807) is 11.3 Å². The quantitative estimate of drug-likeness (QED) is 0.809. The first-order chi connectivity index (χ1) is 10.1. The van der Waals surface area contributed by atoms with Crippen LogP contribution >= 0.6 is 22.7 Å². The molecule has 0 saturated heterocycles. The van der Waals surface area contributed by atoms with Crippen LogP contribution in [-0.4, -0.2) is 40.6 Å². The number of carboxylic acids is 1. The van der Waals surface area contributed by atoms with Crippen molar-refractivity contribution in [3.63, 3.8) is 0 Å². The molecule has 1 N–H and O–H groups in total. The van der Waals surface area contributed by atoms with Crippen molar-refractivity contribution in [3.05, 3.63) is 38.0 Å². The zero-order valence-corrected chi connectivity index (χ0v) is 14.0. The van der Waals surface area contributed by atoms with Gasteiger partial charge in [-0.1, -0.05) is 19.9 Å². The van der Waals surface area contributed by atoms with Crippen molar-refractivity contribution in [2.45, 2.75) is 26.7 Å². The third-order valence-electron chi connectivity index (χ3n) is 3.39. The SMILES string of the molecule is CCN(CC)CCc1nc(Cc2cccs2)c(C(=O)O)s1. The van der Waals surface area contributed by atoms with E-state index in [1.807, 2.05) is 17.5 Å². The second kappa shape index (κ2) is 7.68. The van der Waals surface area contributed by atoms with Crippen LogP contribution in [0, 0.1) is 0 Å². The lowest BCUT2D eigenvalue weighted by Crippen LogP contribution is -2.25. The molecule has 6 heteroatoms. The van der Waals surface area contributed by atoms with Crippen molar-refractivity contribution in [2.75, 3.05) is 19.6 Å². The van der Waals surface area contributed by atoms with E-state index in [0.29, 0.717) is 17.0 Å². The molecule has 0 bridgehead atoms. The molecule has 2 aromatic rings. The third-order valence-corrected chi connectivity index (χ3v) is 5.42. The second-order valence-electron chi connectivity index (χ2n) is 4.72. The summed E-state index contributed by atoms with van der Waals surface area (Å²) in [6.45, 7) is 7.22. The molecule has 0 atom stereocenters. The predicted octanol–water partition coefficient (Wildman–Crippen LogP) is 3.38. The van der Waals surface area contributed by atoms with E-state index >= 15 is 0 Å². The molecule has 2 heterocycles. The summed E-state index contributed by atoms with van der Waals surface area (Å²) in [7, 11) is 0. The van der Waals surface area contributed by atoms with E-state index in [9.17, 15) is 9.90 Å². The fraction of sp³-hybridized carbons (Fsp3) is 0.467. The lowest BCUT2D eigenvalue weighted by atomic mass is 10.2. The summed E-state index contributed by atoms with van der Waals surface area (Å²) in [5, 5.41) is 12.3. The maximum atomic E-state index is 11.4. The zero-order valence-electron chi connectivity index (χ0n) is 12.3. The Balaban J connectivity index is 2.11. The first-order valence-corrected chi connectivity index (χ1v) is 8.80. The Labute approximate surface area is 133 Å². The van der Waals surface area contributed by atoms with E-state index in [0.717, 1.165) is 35.9 Å². The molecule has 0 saturated carbocycles. The number of hydrogen-bond acceptors (Lipinski definition) is 5. The van der Waals surface area contributed by atoms with Crippen LogP contribution < -0.4 is 0 Å². The number of hydrogen-bond donors (Lipinski definition) is 1. The van der Waals surface area contributed by atoms with E-state index in [1.165, 1.54) is 11.3 Å². The summed E-state index contributed by atoms with van der Waals surface area (Å²) in [5.74, 6) is -0.867. The van der Waals surface area contributed by atoms with Crippen molar-refractivity contribution < 1.29 is 9.90 Å². The molecule has 0 aliphatic rings. The molecule has 4 nitrogen and oxygen atoms in total. The van der Waals surface area contributed by atoms with Crippen molar-refractivity contribution in [3.8, 4) is 0 Å². The van der Waals surface area contributed by atoms with E-state index in [2.05, 4.69) is 23.7 Å². The number of nitrogens with zero attached hydrogens (tertiary/aromatic N) is 2. The summed E-state index contributed by atoms with van der Waals surface area (Å²) < 4.78 is 0. The number of carbonyl (C=O) groups is 1. The van der Waals surface area contributed by atoms with Gasteiger partial charge in [0.2, 0.25) is 0 Å². The van der Waals surface area contributed by atoms with Crippen LogP contribution in [0.4, 0.5) is 0 Å². The molecule has 114 valence electrons. The van der Waals surface area contributed by atoms with Crippen molar-refractivity contribution >= 4 is 28.6 Å². The van der Waals surface area contributed by atoms with Crippen LogP contribution in [0.3, 0.4) is 0 Å². The molecule has 0 aromatic carbocycles. The average Bonchev–Trinajstić information content (AvgIpc) is 3.10. The van der Waals surface area contributed by atoms with E-state index in [-0.39, 0.29) is 0 Å². The van der Waals surface area contributed by atoms with Gasteiger partial charge < -0.3 is 10.0 Å². The molecule has 0 amide bonds. The topological polar surface area (TPSA) is 53.4 Å². The number of aromatic carboxylic acids is 1. The number of carboxylic acid groups (broad SMARTS) is 1. The van der Waals surface area contributed by atoms with Crippen molar-refractivity contribution in [1.29, 1.82) is 0 Å².